The number of carbonyl (C=O) groups is 2. The topological polar surface area (TPSA) is 59.1 Å². The van der Waals surface area contributed by atoms with E-state index in [1.165, 1.54) is 11.1 Å². The summed E-state index contributed by atoms with van der Waals surface area (Å²) in [7, 11) is 1.64. The molecular weight excluding hydrogens is 332 g/mol. The van der Waals surface area contributed by atoms with Crippen LogP contribution in [0.1, 0.15) is 37.3 Å². The number of likely N-dealkylation sites (tertiary alicyclic amines) is 1. The Kier molecular flexibility index (Phi) is 5.69. The van der Waals surface area contributed by atoms with E-state index in [9.17, 15) is 9.59 Å². The van der Waals surface area contributed by atoms with E-state index < -0.39 is 0 Å². The molecule has 2 aliphatic rings. The summed E-state index contributed by atoms with van der Waals surface area (Å²) in [5.74, 6) is 0.643. The van der Waals surface area contributed by atoms with Crippen LogP contribution in [0.3, 0.4) is 0 Å². The number of nitrogens with zero attached hydrogens (tertiary/aromatic N) is 2. The number of rotatable bonds is 3. The van der Waals surface area contributed by atoms with Crippen LogP contribution in [0, 0.1) is 12.8 Å². The molecule has 2 amide bonds. The van der Waals surface area contributed by atoms with Gasteiger partial charge in [-0.25, -0.2) is 4.79 Å². The molecule has 0 aromatic heterocycles. The minimum Gasteiger partial charge on any atom is -0.495 e. The third-order valence-electron chi connectivity index (χ3n) is 5.34. The van der Waals surface area contributed by atoms with Gasteiger partial charge >= 0.3 is 6.09 Å². The second-order valence-corrected chi connectivity index (χ2v) is 6.99. The number of aryl methyl sites for hydroxylation is 1. The number of fused-ring (bicyclic) bond motifs is 1. The monoisotopic (exact) mass is 360 g/mol. The zero-order valence-electron chi connectivity index (χ0n) is 15.9. The molecule has 26 heavy (non-hydrogen) atoms. The Hall–Kier alpha value is -2.24. The Bertz CT molecular complexity index is 689. The van der Waals surface area contributed by atoms with Crippen molar-refractivity contribution in [1.82, 2.24) is 4.90 Å². The van der Waals surface area contributed by atoms with Gasteiger partial charge < -0.3 is 19.3 Å². The van der Waals surface area contributed by atoms with Crippen LogP contribution in [-0.4, -0.2) is 50.3 Å². The highest BCUT2D eigenvalue weighted by molar-refractivity contribution is 5.98. The van der Waals surface area contributed by atoms with Crippen LogP contribution in [-0.2, 0) is 16.0 Å². The van der Waals surface area contributed by atoms with Gasteiger partial charge in [0, 0.05) is 19.6 Å². The van der Waals surface area contributed by atoms with Gasteiger partial charge in [-0.05, 0) is 56.7 Å². The summed E-state index contributed by atoms with van der Waals surface area (Å²) in [4.78, 5) is 28.9. The number of amides is 2. The molecule has 0 N–H and O–H groups in total. The van der Waals surface area contributed by atoms with E-state index in [0.717, 1.165) is 37.1 Å². The van der Waals surface area contributed by atoms with Crippen molar-refractivity contribution in [1.29, 1.82) is 0 Å². The molecule has 6 nitrogen and oxygen atoms in total. The Balaban J connectivity index is 1.83. The van der Waals surface area contributed by atoms with Crippen molar-refractivity contribution in [2.24, 2.45) is 5.92 Å². The summed E-state index contributed by atoms with van der Waals surface area (Å²) < 4.78 is 10.7. The normalized spacial score (nSPS) is 19.7. The van der Waals surface area contributed by atoms with Gasteiger partial charge in [-0.2, -0.15) is 0 Å². The summed E-state index contributed by atoms with van der Waals surface area (Å²) in [6, 6.07) is 3.99. The summed E-state index contributed by atoms with van der Waals surface area (Å²) in [6.45, 7) is 6.00. The second-order valence-electron chi connectivity index (χ2n) is 6.99. The number of methoxy groups -OCH3 is 1. The van der Waals surface area contributed by atoms with Crippen LogP contribution in [0.5, 0.6) is 5.75 Å². The fraction of sp³-hybridized carbons (Fsp3) is 0.600. The Morgan fingerprint density at radius 3 is 2.77 bits per heavy atom. The number of ether oxygens (including phenoxy) is 2. The third-order valence-corrected chi connectivity index (χ3v) is 5.34. The first kappa shape index (κ1) is 18.5. The smallest absolute Gasteiger partial charge is 0.409 e. The largest absolute Gasteiger partial charge is 0.495 e. The number of benzene rings is 1. The first-order valence-corrected chi connectivity index (χ1v) is 9.46. The zero-order chi connectivity index (χ0) is 18.7. The summed E-state index contributed by atoms with van der Waals surface area (Å²) in [5.41, 5.74) is 3.30. The minimum absolute atomic E-state index is 0.0869. The highest BCUT2D eigenvalue weighted by atomic mass is 16.6. The van der Waals surface area contributed by atoms with Gasteiger partial charge in [-0.1, -0.05) is 6.07 Å². The van der Waals surface area contributed by atoms with Crippen LogP contribution in [0.15, 0.2) is 12.1 Å². The summed E-state index contributed by atoms with van der Waals surface area (Å²) in [6.07, 6.45) is 3.20. The lowest BCUT2D eigenvalue weighted by molar-refractivity contribution is -0.123. The van der Waals surface area contributed by atoms with Gasteiger partial charge in [-0.15, -0.1) is 0 Å². The van der Waals surface area contributed by atoms with Crippen LogP contribution in [0.25, 0.3) is 0 Å². The highest BCUT2D eigenvalue weighted by Gasteiger charge is 2.35. The van der Waals surface area contributed by atoms with Crippen LogP contribution >= 0.6 is 0 Å². The standard InChI is InChI=1S/C20H28N2O4/c1-4-26-20(24)21-11-5-7-15(13-21)19(23)22-12-6-8-16-14(2)9-10-17(25-3)18(16)22/h9-10,15H,4-8,11-13H2,1-3H3. The van der Waals surface area contributed by atoms with E-state index in [4.69, 9.17) is 9.47 Å². The molecule has 1 atom stereocenters. The SMILES string of the molecule is CCOC(=O)N1CCCC(C(=O)N2CCCc3c(C)ccc(OC)c32)C1. The maximum absolute atomic E-state index is 13.3. The van der Waals surface area contributed by atoms with Crippen molar-refractivity contribution in [3.8, 4) is 5.75 Å². The Morgan fingerprint density at radius 2 is 2.04 bits per heavy atom. The highest BCUT2D eigenvalue weighted by Crippen LogP contribution is 2.39. The lowest BCUT2D eigenvalue weighted by atomic mass is 9.92. The number of anilines is 1. The second kappa shape index (κ2) is 7.98. The van der Waals surface area contributed by atoms with Gasteiger partial charge in [-0.3, -0.25) is 4.79 Å². The van der Waals surface area contributed by atoms with Crippen molar-refractivity contribution < 1.29 is 19.1 Å². The molecule has 1 saturated heterocycles. The van der Waals surface area contributed by atoms with E-state index in [-0.39, 0.29) is 17.9 Å². The van der Waals surface area contributed by atoms with Crippen molar-refractivity contribution >= 4 is 17.7 Å². The molecule has 0 aliphatic carbocycles. The van der Waals surface area contributed by atoms with Gasteiger partial charge in [0.15, 0.2) is 0 Å². The molecule has 0 radical (unpaired) electrons. The molecule has 1 fully saturated rings. The Labute approximate surface area is 155 Å². The average Bonchev–Trinajstić information content (AvgIpc) is 2.68. The minimum atomic E-state index is -0.322. The molecule has 0 bridgehead atoms. The molecule has 142 valence electrons. The lowest BCUT2D eigenvalue weighted by Crippen LogP contribution is -2.48. The van der Waals surface area contributed by atoms with E-state index in [2.05, 4.69) is 13.0 Å². The molecule has 2 aliphatic heterocycles. The quantitative estimate of drug-likeness (QED) is 0.831. The van der Waals surface area contributed by atoms with Crippen molar-refractivity contribution in [2.45, 2.75) is 39.5 Å². The van der Waals surface area contributed by atoms with Crippen molar-refractivity contribution in [3.63, 3.8) is 0 Å². The van der Waals surface area contributed by atoms with Crippen molar-refractivity contribution in [3.05, 3.63) is 23.3 Å². The van der Waals surface area contributed by atoms with E-state index >= 15 is 0 Å². The van der Waals surface area contributed by atoms with E-state index in [0.29, 0.717) is 26.2 Å². The van der Waals surface area contributed by atoms with Crippen molar-refractivity contribution in [2.75, 3.05) is 38.3 Å². The average molecular weight is 360 g/mol. The number of hydrogen-bond donors (Lipinski definition) is 0. The van der Waals surface area contributed by atoms with Gasteiger partial charge in [0.1, 0.15) is 5.75 Å². The van der Waals surface area contributed by atoms with Gasteiger partial charge in [0.25, 0.3) is 0 Å². The fourth-order valence-corrected chi connectivity index (χ4v) is 4.02. The predicted octanol–water partition coefficient (Wildman–Crippen LogP) is 3.15. The molecule has 3 rings (SSSR count). The molecule has 6 heteroatoms. The maximum Gasteiger partial charge on any atom is 0.409 e. The van der Waals surface area contributed by atoms with E-state index in [1.54, 1.807) is 18.9 Å². The van der Waals surface area contributed by atoms with Crippen LogP contribution < -0.4 is 9.64 Å². The molecule has 1 aromatic rings. The first-order chi connectivity index (χ1) is 12.6. The number of hydrogen-bond acceptors (Lipinski definition) is 4. The molecular formula is C20H28N2O4. The Morgan fingerprint density at radius 1 is 1.23 bits per heavy atom. The molecule has 1 aromatic carbocycles. The van der Waals surface area contributed by atoms with Crippen LogP contribution in [0.2, 0.25) is 0 Å². The summed E-state index contributed by atoms with van der Waals surface area (Å²) in [5, 5.41) is 0. The molecule has 0 saturated carbocycles. The molecule has 0 spiro atoms. The number of carbonyl (C=O) groups excluding carboxylic acids is 2. The van der Waals surface area contributed by atoms with Crippen LogP contribution in [0.4, 0.5) is 10.5 Å². The molecule has 1 unspecified atom stereocenters. The maximum atomic E-state index is 13.3. The van der Waals surface area contributed by atoms with Gasteiger partial charge in [0.2, 0.25) is 5.91 Å². The number of piperidine rings is 1. The fourth-order valence-electron chi connectivity index (χ4n) is 4.02. The zero-order valence-corrected chi connectivity index (χ0v) is 15.9. The lowest BCUT2D eigenvalue weighted by Gasteiger charge is -2.37. The summed E-state index contributed by atoms with van der Waals surface area (Å²) >= 11 is 0. The van der Waals surface area contributed by atoms with E-state index in [1.807, 2.05) is 11.0 Å². The molecule has 2 heterocycles. The first-order valence-electron chi connectivity index (χ1n) is 9.46. The van der Waals surface area contributed by atoms with Gasteiger partial charge in [0.05, 0.1) is 25.3 Å². The predicted molar refractivity (Wildman–Crippen MR) is 99.7 cm³/mol. The third kappa shape index (κ3) is 3.50.